The van der Waals surface area contributed by atoms with Gasteiger partial charge in [0.05, 0.1) is 5.92 Å². The van der Waals surface area contributed by atoms with Gasteiger partial charge >= 0.3 is 0 Å². The van der Waals surface area contributed by atoms with E-state index in [1.54, 1.807) is 0 Å². The Labute approximate surface area is 98.1 Å². The molecule has 90 valence electrons. The van der Waals surface area contributed by atoms with Crippen LogP contribution in [0.25, 0.3) is 0 Å². The molecule has 2 heteroatoms. The molecule has 1 fully saturated rings. The van der Waals surface area contributed by atoms with Gasteiger partial charge in [0, 0.05) is 12.8 Å². The van der Waals surface area contributed by atoms with Crippen LogP contribution < -0.4 is 0 Å². The molecule has 0 saturated heterocycles. The zero-order valence-electron chi connectivity index (χ0n) is 10.4. The van der Waals surface area contributed by atoms with Crippen molar-refractivity contribution in [1.29, 1.82) is 0 Å². The number of ketones is 2. The highest BCUT2D eigenvalue weighted by Gasteiger charge is 2.28. The van der Waals surface area contributed by atoms with Gasteiger partial charge in [0.1, 0.15) is 11.6 Å². The fraction of sp³-hybridized carbons (Fsp3) is 0.714. The van der Waals surface area contributed by atoms with E-state index in [0.717, 1.165) is 12.8 Å². The van der Waals surface area contributed by atoms with Crippen molar-refractivity contribution in [3.63, 3.8) is 0 Å². The molecule has 0 aromatic heterocycles. The van der Waals surface area contributed by atoms with Crippen molar-refractivity contribution in [3.8, 4) is 0 Å². The average Bonchev–Trinajstić information content (AvgIpc) is 2.25. The van der Waals surface area contributed by atoms with Crippen molar-refractivity contribution < 1.29 is 9.59 Å². The fourth-order valence-corrected chi connectivity index (χ4v) is 2.10. The Morgan fingerprint density at radius 2 is 1.94 bits per heavy atom. The van der Waals surface area contributed by atoms with Crippen LogP contribution in [-0.4, -0.2) is 11.6 Å². The third-order valence-corrected chi connectivity index (χ3v) is 3.25. The van der Waals surface area contributed by atoms with Gasteiger partial charge in [-0.25, -0.2) is 0 Å². The van der Waals surface area contributed by atoms with Crippen LogP contribution in [0.4, 0.5) is 0 Å². The smallest absolute Gasteiger partial charge is 0.143 e. The van der Waals surface area contributed by atoms with Gasteiger partial charge < -0.3 is 0 Å². The van der Waals surface area contributed by atoms with Crippen molar-refractivity contribution in [2.24, 2.45) is 5.92 Å². The summed E-state index contributed by atoms with van der Waals surface area (Å²) in [6, 6.07) is 0. The van der Waals surface area contributed by atoms with Crippen molar-refractivity contribution in [1.82, 2.24) is 0 Å². The van der Waals surface area contributed by atoms with Crippen molar-refractivity contribution in [2.75, 3.05) is 0 Å². The van der Waals surface area contributed by atoms with Crippen LogP contribution in [0, 0.1) is 5.92 Å². The molecule has 0 heterocycles. The quantitative estimate of drug-likeness (QED) is 0.527. The van der Waals surface area contributed by atoms with Gasteiger partial charge in [-0.15, -0.1) is 0 Å². The van der Waals surface area contributed by atoms with Gasteiger partial charge in [-0.1, -0.05) is 25.0 Å². The lowest BCUT2D eigenvalue weighted by atomic mass is 9.84. The minimum Gasteiger partial charge on any atom is -0.299 e. The highest BCUT2D eigenvalue weighted by molar-refractivity contribution is 6.04. The molecule has 2 nitrogen and oxygen atoms in total. The van der Waals surface area contributed by atoms with Crippen LogP contribution >= 0.6 is 0 Å². The highest BCUT2D eigenvalue weighted by Crippen LogP contribution is 2.21. The van der Waals surface area contributed by atoms with Crippen LogP contribution in [0.1, 0.15) is 58.8 Å². The van der Waals surface area contributed by atoms with Gasteiger partial charge in [0.15, 0.2) is 0 Å². The topological polar surface area (TPSA) is 34.1 Å². The molecular formula is C14H22O2. The van der Waals surface area contributed by atoms with E-state index in [1.165, 1.54) is 18.4 Å². The molecule has 0 unspecified atom stereocenters. The van der Waals surface area contributed by atoms with E-state index < -0.39 is 0 Å². The first-order valence-corrected chi connectivity index (χ1v) is 6.36. The number of carbonyl (C=O) groups is 2. The Hall–Kier alpha value is -0.920. The molecule has 0 aromatic carbocycles. The Balaban J connectivity index is 2.45. The number of allylic oxidation sites excluding steroid dienone is 2. The summed E-state index contributed by atoms with van der Waals surface area (Å²) < 4.78 is 0. The van der Waals surface area contributed by atoms with E-state index in [2.05, 4.69) is 19.9 Å². The molecule has 0 atom stereocenters. The van der Waals surface area contributed by atoms with Crippen LogP contribution in [0.3, 0.4) is 0 Å². The second-order valence-corrected chi connectivity index (χ2v) is 4.73. The second-order valence-electron chi connectivity index (χ2n) is 4.73. The van der Waals surface area contributed by atoms with Gasteiger partial charge in [-0.2, -0.15) is 0 Å². The number of hydrogen-bond acceptors (Lipinski definition) is 2. The molecular weight excluding hydrogens is 200 g/mol. The highest BCUT2D eigenvalue weighted by atomic mass is 16.2. The minimum absolute atomic E-state index is 0.149. The van der Waals surface area contributed by atoms with E-state index in [-0.39, 0.29) is 17.5 Å². The summed E-state index contributed by atoms with van der Waals surface area (Å²) in [5, 5.41) is 0. The first-order chi connectivity index (χ1) is 7.65. The van der Waals surface area contributed by atoms with Crippen LogP contribution in [0.15, 0.2) is 11.6 Å². The zero-order valence-corrected chi connectivity index (χ0v) is 10.4. The second kappa shape index (κ2) is 6.62. The first kappa shape index (κ1) is 13.1. The average molecular weight is 222 g/mol. The van der Waals surface area contributed by atoms with Crippen LogP contribution in [-0.2, 0) is 9.59 Å². The monoisotopic (exact) mass is 222 g/mol. The molecule has 1 rings (SSSR count). The van der Waals surface area contributed by atoms with Gasteiger partial charge in [-0.05, 0) is 32.6 Å². The lowest BCUT2D eigenvalue weighted by Crippen LogP contribution is -2.28. The van der Waals surface area contributed by atoms with Gasteiger partial charge in [0.25, 0.3) is 0 Å². The van der Waals surface area contributed by atoms with Gasteiger partial charge in [-0.3, -0.25) is 9.59 Å². The molecule has 1 saturated carbocycles. The van der Waals surface area contributed by atoms with E-state index in [0.29, 0.717) is 19.3 Å². The van der Waals surface area contributed by atoms with E-state index in [1.807, 2.05) is 0 Å². The molecule has 0 radical (unpaired) electrons. The standard InChI is InChI=1S/C14H22O2/c1-3-4-6-11(2)9-10-12-13(15)7-5-8-14(12)16/h9,12H,3-8,10H2,1-2H3/b11-9+. The predicted molar refractivity (Wildman–Crippen MR) is 65.3 cm³/mol. The van der Waals surface area contributed by atoms with Crippen molar-refractivity contribution in [2.45, 2.75) is 58.8 Å². The molecule has 0 bridgehead atoms. The molecule has 1 aliphatic rings. The summed E-state index contributed by atoms with van der Waals surface area (Å²) in [5.41, 5.74) is 1.31. The minimum atomic E-state index is -0.328. The normalized spacial score (nSPS) is 19.2. The first-order valence-electron chi connectivity index (χ1n) is 6.36. The maximum atomic E-state index is 11.6. The summed E-state index contributed by atoms with van der Waals surface area (Å²) in [6.07, 6.45) is 8.13. The largest absolute Gasteiger partial charge is 0.299 e. The van der Waals surface area contributed by atoms with Crippen molar-refractivity contribution in [3.05, 3.63) is 11.6 Å². The number of rotatable bonds is 5. The summed E-state index contributed by atoms with van der Waals surface area (Å²) in [5.74, 6) is -0.0306. The van der Waals surface area contributed by atoms with E-state index in [9.17, 15) is 9.59 Å². The zero-order chi connectivity index (χ0) is 12.0. The number of hydrogen-bond donors (Lipinski definition) is 0. The third-order valence-electron chi connectivity index (χ3n) is 3.25. The molecule has 0 aliphatic heterocycles. The maximum absolute atomic E-state index is 11.6. The fourth-order valence-electron chi connectivity index (χ4n) is 2.10. The third kappa shape index (κ3) is 3.92. The lowest BCUT2D eigenvalue weighted by Gasteiger charge is -2.17. The summed E-state index contributed by atoms with van der Waals surface area (Å²) in [4.78, 5) is 23.2. The lowest BCUT2D eigenvalue weighted by molar-refractivity contribution is -0.135. The number of unbranched alkanes of at least 4 members (excludes halogenated alkanes) is 1. The molecule has 1 aliphatic carbocycles. The SMILES string of the molecule is CCCC/C(C)=C/CC1C(=O)CCCC1=O. The Morgan fingerprint density at radius 3 is 2.50 bits per heavy atom. The number of Topliss-reactive ketones (excluding diaryl/α,β-unsaturated/α-hetero) is 2. The molecule has 16 heavy (non-hydrogen) atoms. The number of carbonyl (C=O) groups excluding carboxylic acids is 2. The van der Waals surface area contributed by atoms with Gasteiger partial charge in [0.2, 0.25) is 0 Å². The molecule has 0 aromatic rings. The predicted octanol–water partition coefficient (Wildman–Crippen LogP) is 3.45. The van der Waals surface area contributed by atoms with Crippen LogP contribution in [0.5, 0.6) is 0 Å². The van der Waals surface area contributed by atoms with E-state index in [4.69, 9.17) is 0 Å². The summed E-state index contributed by atoms with van der Waals surface area (Å²) >= 11 is 0. The van der Waals surface area contributed by atoms with Crippen LogP contribution in [0.2, 0.25) is 0 Å². The Kier molecular flexibility index (Phi) is 5.44. The maximum Gasteiger partial charge on any atom is 0.143 e. The van der Waals surface area contributed by atoms with E-state index >= 15 is 0 Å². The molecule has 0 N–H and O–H groups in total. The summed E-state index contributed by atoms with van der Waals surface area (Å²) in [7, 11) is 0. The van der Waals surface area contributed by atoms with Crippen molar-refractivity contribution >= 4 is 11.6 Å². The molecule has 0 amide bonds. The Morgan fingerprint density at radius 1 is 1.31 bits per heavy atom. The molecule has 0 spiro atoms. The summed E-state index contributed by atoms with van der Waals surface area (Å²) in [6.45, 7) is 4.26. The Bertz CT molecular complexity index is 273.